The van der Waals surface area contributed by atoms with Gasteiger partial charge >= 0.3 is 5.97 Å². The number of benzene rings is 4. The number of carbonyl (C=O) groups is 3. The third-order valence-electron chi connectivity index (χ3n) is 8.81. The zero-order valence-electron chi connectivity index (χ0n) is 30.8. The molecule has 3 N–H and O–H groups in total. The number of allylic oxidation sites excluding steroid dienone is 2. The first-order chi connectivity index (χ1) is 26.4. The minimum atomic E-state index is -0.748. The van der Waals surface area contributed by atoms with Crippen LogP contribution >= 0.6 is 0 Å². The van der Waals surface area contributed by atoms with E-state index in [1.807, 2.05) is 115 Å². The minimum Gasteiger partial charge on any atom is -0.489 e. The summed E-state index contributed by atoms with van der Waals surface area (Å²) in [4.78, 5) is 40.1. The van der Waals surface area contributed by atoms with Gasteiger partial charge in [0.1, 0.15) is 19.0 Å². The molecule has 0 aliphatic carbocycles. The van der Waals surface area contributed by atoms with Gasteiger partial charge in [0.2, 0.25) is 11.8 Å². The Morgan fingerprint density at radius 2 is 1.19 bits per heavy atom. The first-order valence-corrected chi connectivity index (χ1v) is 18.4. The monoisotopic (exact) mass is 732 g/mol. The molecule has 0 spiro atoms. The lowest BCUT2D eigenvalue weighted by Crippen LogP contribution is -2.46. The number of aliphatic hydroxyl groups is 1. The van der Waals surface area contributed by atoms with Gasteiger partial charge in [0.15, 0.2) is 0 Å². The largest absolute Gasteiger partial charge is 0.489 e. The number of ether oxygens (including phenoxy) is 3. The van der Waals surface area contributed by atoms with Crippen LogP contribution in [0.3, 0.4) is 0 Å². The lowest BCUT2D eigenvalue weighted by molar-refractivity contribution is -0.150. The summed E-state index contributed by atoms with van der Waals surface area (Å²) >= 11 is 0. The molecule has 284 valence electrons. The molecule has 4 aromatic carbocycles. The van der Waals surface area contributed by atoms with Gasteiger partial charge in [-0.1, -0.05) is 115 Å². The van der Waals surface area contributed by atoms with E-state index in [9.17, 15) is 19.5 Å². The Bertz CT molecular complexity index is 1720. The first-order valence-electron chi connectivity index (χ1n) is 18.4. The predicted molar refractivity (Wildman–Crippen MR) is 210 cm³/mol. The molecule has 0 fully saturated rings. The number of esters is 1. The van der Waals surface area contributed by atoms with Crippen LogP contribution in [0.25, 0.3) is 0 Å². The molecule has 0 saturated heterocycles. The Morgan fingerprint density at radius 3 is 1.78 bits per heavy atom. The third kappa shape index (κ3) is 14.8. The number of hydrogen-bond acceptors (Lipinski definition) is 7. The lowest BCUT2D eigenvalue weighted by Gasteiger charge is -2.24. The van der Waals surface area contributed by atoms with Crippen LogP contribution < -0.4 is 15.4 Å². The highest BCUT2D eigenvalue weighted by Gasteiger charge is 2.27. The van der Waals surface area contributed by atoms with E-state index in [0.29, 0.717) is 38.2 Å². The lowest BCUT2D eigenvalue weighted by atomic mass is 9.96. The molecule has 0 saturated carbocycles. The van der Waals surface area contributed by atoms with Gasteiger partial charge in [-0.05, 0) is 60.1 Å². The van der Waals surface area contributed by atoms with Crippen LogP contribution in [0, 0.1) is 11.8 Å². The molecule has 54 heavy (non-hydrogen) atoms. The summed E-state index contributed by atoms with van der Waals surface area (Å²) in [5.41, 5.74) is 3.94. The number of rotatable bonds is 24. The van der Waals surface area contributed by atoms with Crippen LogP contribution in [-0.2, 0) is 49.9 Å². The molecule has 2 amide bonds. The smallest absolute Gasteiger partial charge is 0.309 e. The Hall–Kier alpha value is -5.51. The van der Waals surface area contributed by atoms with Crippen LogP contribution in [0.4, 0.5) is 0 Å². The van der Waals surface area contributed by atoms with E-state index in [2.05, 4.69) is 23.8 Å². The van der Waals surface area contributed by atoms with E-state index in [0.717, 1.165) is 22.3 Å². The Balaban J connectivity index is 1.33. The van der Waals surface area contributed by atoms with Gasteiger partial charge in [0.25, 0.3) is 0 Å². The van der Waals surface area contributed by atoms with Crippen molar-refractivity contribution >= 4 is 17.8 Å². The van der Waals surface area contributed by atoms with Crippen LogP contribution in [0.2, 0.25) is 0 Å². The third-order valence-corrected chi connectivity index (χ3v) is 8.81. The first kappa shape index (κ1) is 41.2. The van der Waals surface area contributed by atoms with E-state index in [4.69, 9.17) is 14.2 Å². The Morgan fingerprint density at radius 1 is 0.630 bits per heavy atom. The number of amides is 2. The fraction of sp³-hybridized carbons (Fsp3) is 0.311. The zero-order valence-corrected chi connectivity index (χ0v) is 30.8. The normalized spacial score (nSPS) is 13.1. The summed E-state index contributed by atoms with van der Waals surface area (Å²) in [6.45, 7) is 8.04. The summed E-state index contributed by atoms with van der Waals surface area (Å²) in [5, 5.41) is 15.9. The molecule has 4 atom stereocenters. The SMILES string of the molecule is C=CC[C@@H](CC(=O)N[C@H](CO)Cc1ccc(OCc2ccccc2)cc1)C(=O)N[C@@H](COCc1ccccc1)COC(=O)[C@@H](CC=C)Cc1ccccc1. The van der Waals surface area contributed by atoms with Crippen molar-refractivity contribution in [2.75, 3.05) is 19.8 Å². The van der Waals surface area contributed by atoms with Gasteiger partial charge < -0.3 is 30.0 Å². The van der Waals surface area contributed by atoms with Gasteiger partial charge in [0.05, 0.1) is 43.7 Å². The number of hydrogen-bond donors (Lipinski definition) is 3. The van der Waals surface area contributed by atoms with E-state index < -0.39 is 35.8 Å². The van der Waals surface area contributed by atoms with Gasteiger partial charge in [-0.2, -0.15) is 0 Å². The molecule has 0 radical (unpaired) electrons. The summed E-state index contributed by atoms with van der Waals surface area (Å²) in [7, 11) is 0. The summed E-state index contributed by atoms with van der Waals surface area (Å²) in [6, 6.07) is 35.5. The molecule has 9 nitrogen and oxygen atoms in total. The maximum atomic E-state index is 13.6. The predicted octanol–water partition coefficient (Wildman–Crippen LogP) is 6.55. The molecule has 4 rings (SSSR count). The molecule has 0 heterocycles. The van der Waals surface area contributed by atoms with Gasteiger partial charge in [-0.15, -0.1) is 13.2 Å². The van der Waals surface area contributed by atoms with Crippen molar-refractivity contribution in [3.63, 3.8) is 0 Å². The molecule has 0 unspecified atom stereocenters. The van der Waals surface area contributed by atoms with Gasteiger partial charge in [-0.3, -0.25) is 14.4 Å². The highest BCUT2D eigenvalue weighted by atomic mass is 16.5. The highest BCUT2D eigenvalue weighted by Crippen LogP contribution is 2.18. The van der Waals surface area contributed by atoms with Crippen molar-refractivity contribution in [3.05, 3.63) is 163 Å². The zero-order chi connectivity index (χ0) is 38.4. The second-order valence-corrected chi connectivity index (χ2v) is 13.2. The van der Waals surface area contributed by atoms with Crippen molar-refractivity contribution in [1.29, 1.82) is 0 Å². The van der Waals surface area contributed by atoms with E-state index >= 15 is 0 Å². The van der Waals surface area contributed by atoms with E-state index in [1.54, 1.807) is 12.2 Å². The van der Waals surface area contributed by atoms with Crippen LogP contribution in [0.5, 0.6) is 5.75 Å². The Kier molecular flexibility index (Phi) is 17.7. The van der Waals surface area contributed by atoms with E-state index in [1.165, 1.54) is 0 Å². The molecule has 0 aliphatic heterocycles. The molecule has 0 bridgehead atoms. The van der Waals surface area contributed by atoms with Crippen LogP contribution in [-0.4, -0.2) is 54.8 Å². The molecule has 0 aliphatic rings. The summed E-state index contributed by atoms with van der Waals surface area (Å²) in [5.74, 6) is -1.64. The van der Waals surface area contributed by atoms with Crippen molar-refractivity contribution in [2.24, 2.45) is 11.8 Å². The second-order valence-electron chi connectivity index (χ2n) is 13.2. The molecular weight excluding hydrogens is 681 g/mol. The van der Waals surface area contributed by atoms with Crippen molar-refractivity contribution in [3.8, 4) is 5.75 Å². The second kappa shape index (κ2) is 23.2. The number of nitrogens with one attached hydrogen (secondary N) is 2. The maximum Gasteiger partial charge on any atom is 0.309 e. The topological polar surface area (TPSA) is 123 Å². The average molecular weight is 733 g/mol. The standard InChI is InChI=1S/C45H52N2O7/c1-3-14-38(28-43(49)46-40(29-48)27-35-22-24-42(25-23-35)53-31-37-20-12-7-13-21-37)44(50)47-41(32-52-30-36-18-10-6-11-19-36)33-54-45(51)39(15-4-2)26-34-16-8-5-9-17-34/h3-13,16-25,38-41,48H,1-2,14-15,26-33H2,(H,46,49)(H,47,50)/t38-,39-,40-,41-/m0/s1. The summed E-state index contributed by atoms with van der Waals surface area (Å²) < 4.78 is 17.6. The van der Waals surface area contributed by atoms with Crippen LogP contribution in [0.1, 0.15) is 41.5 Å². The summed E-state index contributed by atoms with van der Waals surface area (Å²) in [6.07, 6.45) is 4.72. The number of aliphatic hydroxyl groups excluding tert-OH is 1. The van der Waals surface area contributed by atoms with Gasteiger partial charge in [-0.25, -0.2) is 0 Å². The average Bonchev–Trinajstić information content (AvgIpc) is 3.20. The van der Waals surface area contributed by atoms with Crippen molar-refractivity contribution in [2.45, 2.75) is 57.4 Å². The fourth-order valence-corrected chi connectivity index (χ4v) is 5.91. The van der Waals surface area contributed by atoms with Crippen molar-refractivity contribution in [1.82, 2.24) is 10.6 Å². The van der Waals surface area contributed by atoms with Crippen LogP contribution in [0.15, 0.2) is 141 Å². The van der Waals surface area contributed by atoms with Crippen molar-refractivity contribution < 1.29 is 33.7 Å². The van der Waals surface area contributed by atoms with Gasteiger partial charge in [0, 0.05) is 6.42 Å². The highest BCUT2D eigenvalue weighted by molar-refractivity contribution is 5.86. The Labute approximate surface area is 319 Å². The fourth-order valence-electron chi connectivity index (χ4n) is 5.91. The molecule has 0 aromatic heterocycles. The molecular formula is C45H52N2O7. The molecule has 9 heteroatoms. The number of carbonyl (C=O) groups excluding carboxylic acids is 3. The minimum absolute atomic E-state index is 0.0778. The molecule has 4 aromatic rings. The van der Waals surface area contributed by atoms with E-state index in [-0.39, 0.29) is 38.6 Å². The quantitative estimate of drug-likeness (QED) is 0.0552. The maximum absolute atomic E-state index is 13.6.